The number of rotatable bonds is 6. The molecule has 8 nitrogen and oxygen atoms in total. The number of esters is 2. The van der Waals surface area contributed by atoms with E-state index in [1.54, 1.807) is 13.8 Å². The van der Waals surface area contributed by atoms with Gasteiger partial charge in [0.2, 0.25) is 0 Å². The van der Waals surface area contributed by atoms with Crippen LogP contribution in [0.25, 0.3) is 6.08 Å². The number of hydrogen-bond acceptors (Lipinski definition) is 7. The molecule has 0 aliphatic heterocycles. The van der Waals surface area contributed by atoms with Crippen LogP contribution in [0.3, 0.4) is 0 Å². The molecule has 0 amide bonds. The highest BCUT2D eigenvalue weighted by Crippen LogP contribution is 2.31. The van der Waals surface area contributed by atoms with E-state index in [1.807, 2.05) is 0 Å². The maximum Gasteiger partial charge on any atom is 0.345 e. The van der Waals surface area contributed by atoms with Crippen LogP contribution in [0.15, 0.2) is 23.8 Å². The van der Waals surface area contributed by atoms with Gasteiger partial charge < -0.3 is 14.6 Å². The predicted octanol–water partition coefficient (Wildman–Crippen LogP) is 1.81. The Morgan fingerprint density at radius 2 is 1.77 bits per heavy atom. The molecule has 0 atom stereocenters. The third kappa shape index (κ3) is 4.05. The molecule has 1 rings (SSSR count). The van der Waals surface area contributed by atoms with Gasteiger partial charge in [-0.25, -0.2) is 9.59 Å². The summed E-state index contributed by atoms with van der Waals surface area (Å²) in [5.41, 5.74) is -1.22. The number of phenols is 1. The Bertz CT molecular complexity index is 602. The van der Waals surface area contributed by atoms with Gasteiger partial charge in [0.1, 0.15) is 5.57 Å². The van der Waals surface area contributed by atoms with Gasteiger partial charge in [0, 0.05) is 0 Å². The van der Waals surface area contributed by atoms with E-state index in [4.69, 9.17) is 9.47 Å². The van der Waals surface area contributed by atoms with Gasteiger partial charge in [0.05, 0.1) is 23.7 Å². The fourth-order valence-corrected chi connectivity index (χ4v) is 1.64. The molecule has 0 aromatic heterocycles. The van der Waals surface area contributed by atoms with Crippen molar-refractivity contribution < 1.29 is 29.1 Å². The number of aromatic hydroxyl groups is 1. The van der Waals surface area contributed by atoms with Crippen molar-refractivity contribution in [3.05, 3.63) is 39.4 Å². The highest BCUT2D eigenvalue weighted by atomic mass is 16.6. The van der Waals surface area contributed by atoms with Gasteiger partial charge in [-0.2, -0.15) is 0 Å². The SMILES string of the molecule is CCOC(=O)C(=Cc1cccc(O)c1[N+](=O)[O-])C(=O)OCC. The Hall–Kier alpha value is -2.90. The summed E-state index contributed by atoms with van der Waals surface area (Å²) in [6.45, 7) is 3.16. The minimum atomic E-state index is -0.960. The molecule has 0 aliphatic carbocycles. The Balaban J connectivity index is 3.39. The lowest BCUT2D eigenvalue weighted by Crippen LogP contribution is -2.18. The number of nitro benzene ring substituents is 1. The highest BCUT2D eigenvalue weighted by Gasteiger charge is 2.24. The summed E-state index contributed by atoms with van der Waals surface area (Å²) < 4.78 is 9.47. The Kier molecular flexibility index (Phi) is 6.06. The second-order valence-corrected chi connectivity index (χ2v) is 3.97. The Morgan fingerprint density at radius 1 is 1.23 bits per heavy atom. The number of carbonyl (C=O) groups excluding carboxylic acids is 2. The molecule has 1 aromatic carbocycles. The van der Waals surface area contributed by atoms with Crippen LogP contribution in [0.2, 0.25) is 0 Å². The lowest BCUT2D eigenvalue weighted by atomic mass is 10.1. The van der Waals surface area contributed by atoms with Gasteiger partial charge in [0.25, 0.3) is 0 Å². The van der Waals surface area contributed by atoms with E-state index in [2.05, 4.69) is 0 Å². The maximum absolute atomic E-state index is 11.8. The molecule has 1 N–H and O–H groups in total. The normalized spacial score (nSPS) is 9.73. The summed E-state index contributed by atoms with van der Waals surface area (Å²) in [5, 5.41) is 20.6. The summed E-state index contributed by atoms with van der Waals surface area (Å²) in [4.78, 5) is 33.8. The summed E-state index contributed by atoms with van der Waals surface area (Å²) in [5.74, 6) is -2.50. The van der Waals surface area contributed by atoms with Crippen LogP contribution in [-0.4, -0.2) is 35.2 Å². The smallest absolute Gasteiger partial charge is 0.345 e. The molecule has 0 fully saturated rings. The van der Waals surface area contributed by atoms with Gasteiger partial charge in [-0.15, -0.1) is 0 Å². The van der Waals surface area contributed by atoms with Crippen molar-refractivity contribution in [3.63, 3.8) is 0 Å². The first kappa shape index (κ1) is 17.2. The van der Waals surface area contributed by atoms with E-state index in [0.29, 0.717) is 0 Å². The lowest BCUT2D eigenvalue weighted by Gasteiger charge is -2.07. The number of para-hydroxylation sites is 1. The molecule has 0 saturated heterocycles. The third-order valence-corrected chi connectivity index (χ3v) is 2.52. The first-order valence-corrected chi connectivity index (χ1v) is 6.44. The first-order valence-electron chi connectivity index (χ1n) is 6.44. The summed E-state index contributed by atoms with van der Waals surface area (Å²) in [7, 11) is 0. The van der Waals surface area contributed by atoms with Crippen LogP contribution in [0.5, 0.6) is 5.75 Å². The van der Waals surface area contributed by atoms with Crippen molar-refractivity contribution in [2.75, 3.05) is 13.2 Å². The number of nitro groups is 1. The van der Waals surface area contributed by atoms with E-state index >= 15 is 0 Å². The lowest BCUT2D eigenvalue weighted by molar-refractivity contribution is -0.386. The molecule has 1 aromatic rings. The molecule has 0 radical (unpaired) electrons. The van der Waals surface area contributed by atoms with Gasteiger partial charge in [-0.3, -0.25) is 10.1 Å². The van der Waals surface area contributed by atoms with Crippen LogP contribution in [0, 0.1) is 10.1 Å². The monoisotopic (exact) mass is 309 g/mol. The maximum atomic E-state index is 11.8. The topological polar surface area (TPSA) is 116 Å². The molecule has 0 saturated carbocycles. The van der Waals surface area contributed by atoms with Gasteiger partial charge in [-0.1, -0.05) is 6.07 Å². The zero-order chi connectivity index (χ0) is 16.7. The number of nitrogens with zero attached hydrogens (tertiary/aromatic N) is 1. The van der Waals surface area contributed by atoms with E-state index in [0.717, 1.165) is 12.1 Å². The van der Waals surface area contributed by atoms with Gasteiger partial charge in [0.15, 0.2) is 5.75 Å². The van der Waals surface area contributed by atoms with Crippen LogP contribution in [0.1, 0.15) is 19.4 Å². The van der Waals surface area contributed by atoms with Crippen molar-refractivity contribution in [3.8, 4) is 5.75 Å². The molecule has 0 unspecified atom stereocenters. The molecule has 118 valence electrons. The number of benzene rings is 1. The number of carbonyl (C=O) groups is 2. The van der Waals surface area contributed by atoms with E-state index < -0.39 is 33.9 Å². The Labute approximate surface area is 126 Å². The molecule has 8 heteroatoms. The molecule has 0 spiro atoms. The third-order valence-electron chi connectivity index (χ3n) is 2.52. The molecular weight excluding hydrogens is 294 g/mol. The molecular formula is C14H15NO7. The molecule has 0 aliphatic rings. The van der Waals surface area contributed by atoms with Gasteiger partial charge >= 0.3 is 17.6 Å². The number of hydrogen-bond donors (Lipinski definition) is 1. The second-order valence-electron chi connectivity index (χ2n) is 3.97. The second kappa shape index (κ2) is 7.77. The van der Waals surface area contributed by atoms with E-state index in [9.17, 15) is 24.8 Å². The quantitative estimate of drug-likeness (QED) is 0.213. The minimum Gasteiger partial charge on any atom is -0.502 e. The van der Waals surface area contributed by atoms with E-state index in [1.165, 1.54) is 12.1 Å². The molecule has 22 heavy (non-hydrogen) atoms. The average molecular weight is 309 g/mol. The minimum absolute atomic E-state index is 0.0255. The number of ether oxygens (including phenoxy) is 2. The van der Waals surface area contributed by atoms with Crippen molar-refractivity contribution in [1.29, 1.82) is 0 Å². The van der Waals surface area contributed by atoms with Crippen LogP contribution < -0.4 is 0 Å². The fourth-order valence-electron chi connectivity index (χ4n) is 1.64. The zero-order valence-corrected chi connectivity index (χ0v) is 12.1. The zero-order valence-electron chi connectivity index (χ0n) is 12.1. The summed E-state index contributed by atoms with van der Waals surface area (Å²) >= 11 is 0. The van der Waals surface area contributed by atoms with Crippen molar-refractivity contribution in [2.45, 2.75) is 13.8 Å². The molecule has 0 heterocycles. The standard InChI is InChI=1S/C14H15NO7/c1-3-21-13(17)10(14(18)22-4-2)8-9-6-5-7-11(16)12(9)15(19)20/h5-8,16H,3-4H2,1-2H3. The van der Waals surface area contributed by atoms with Crippen LogP contribution in [-0.2, 0) is 19.1 Å². The van der Waals surface area contributed by atoms with Crippen molar-refractivity contribution in [1.82, 2.24) is 0 Å². The fraction of sp³-hybridized carbons (Fsp3) is 0.286. The summed E-state index contributed by atoms with van der Waals surface area (Å²) in [6, 6.07) is 3.77. The predicted molar refractivity (Wildman–Crippen MR) is 76.0 cm³/mol. The van der Waals surface area contributed by atoms with Gasteiger partial charge in [-0.05, 0) is 32.1 Å². The van der Waals surface area contributed by atoms with Crippen molar-refractivity contribution >= 4 is 23.7 Å². The largest absolute Gasteiger partial charge is 0.502 e. The van der Waals surface area contributed by atoms with Crippen molar-refractivity contribution in [2.24, 2.45) is 0 Å². The number of phenolic OH excluding ortho intramolecular Hbond substituents is 1. The highest BCUT2D eigenvalue weighted by molar-refractivity contribution is 6.18. The van der Waals surface area contributed by atoms with Crippen LogP contribution in [0.4, 0.5) is 5.69 Å². The van der Waals surface area contributed by atoms with Crippen LogP contribution >= 0.6 is 0 Å². The summed E-state index contributed by atoms with van der Waals surface area (Å²) in [6.07, 6.45) is 0.966. The molecule has 0 bridgehead atoms. The Morgan fingerprint density at radius 3 is 2.23 bits per heavy atom. The average Bonchev–Trinajstić information content (AvgIpc) is 2.44. The first-order chi connectivity index (χ1) is 10.4. The van der Waals surface area contributed by atoms with E-state index in [-0.39, 0.29) is 18.8 Å².